The van der Waals surface area contributed by atoms with Gasteiger partial charge in [0, 0.05) is 27.6 Å². The van der Waals surface area contributed by atoms with Crippen LogP contribution in [-0.4, -0.2) is 44.3 Å². The Labute approximate surface area is 275 Å². The summed E-state index contributed by atoms with van der Waals surface area (Å²) in [5, 5.41) is 2.96. The van der Waals surface area contributed by atoms with Crippen LogP contribution in [0.4, 0.5) is 5.69 Å². The number of benzene rings is 4. The van der Waals surface area contributed by atoms with Gasteiger partial charge in [0.25, 0.3) is 10.0 Å². The van der Waals surface area contributed by atoms with Crippen LogP contribution in [0.3, 0.4) is 0 Å². The number of sulfonamides is 1. The molecule has 0 bridgehead atoms. The van der Waals surface area contributed by atoms with Gasteiger partial charge in [-0.05, 0) is 88.7 Å². The molecule has 43 heavy (non-hydrogen) atoms. The van der Waals surface area contributed by atoms with Crippen molar-refractivity contribution in [3.8, 4) is 0 Å². The van der Waals surface area contributed by atoms with Crippen LogP contribution < -0.4 is 9.62 Å². The Morgan fingerprint density at radius 1 is 0.860 bits per heavy atom. The number of nitrogens with one attached hydrogen (secondary N) is 1. The van der Waals surface area contributed by atoms with Gasteiger partial charge in [-0.15, -0.1) is 0 Å². The molecular formula is C33H33BrIN3O4S. The van der Waals surface area contributed by atoms with Gasteiger partial charge in [-0.25, -0.2) is 8.42 Å². The number of carbonyl (C=O) groups is 2. The molecule has 224 valence electrons. The quantitative estimate of drug-likeness (QED) is 0.159. The highest BCUT2D eigenvalue weighted by Gasteiger charge is 2.34. The maximum absolute atomic E-state index is 14.4. The zero-order chi connectivity index (χ0) is 30.8. The lowest BCUT2D eigenvalue weighted by molar-refractivity contribution is -0.140. The summed E-state index contributed by atoms with van der Waals surface area (Å²) in [6.45, 7) is 2.05. The number of hydrogen-bond acceptors (Lipinski definition) is 4. The Kier molecular flexibility index (Phi) is 11.8. The number of amides is 2. The molecule has 2 amide bonds. The van der Waals surface area contributed by atoms with E-state index in [2.05, 4.69) is 43.8 Å². The van der Waals surface area contributed by atoms with E-state index in [1.165, 1.54) is 17.0 Å². The minimum absolute atomic E-state index is 0.0708. The molecule has 1 N–H and O–H groups in total. The van der Waals surface area contributed by atoms with Gasteiger partial charge in [0.2, 0.25) is 11.8 Å². The Bertz CT molecular complexity index is 1620. The third kappa shape index (κ3) is 8.90. The fourth-order valence-electron chi connectivity index (χ4n) is 4.61. The largest absolute Gasteiger partial charge is 0.354 e. The van der Waals surface area contributed by atoms with Crippen molar-refractivity contribution < 1.29 is 18.0 Å². The van der Waals surface area contributed by atoms with Gasteiger partial charge in [-0.1, -0.05) is 83.5 Å². The minimum atomic E-state index is -4.12. The summed E-state index contributed by atoms with van der Waals surface area (Å²) < 4.78 is 30.8. The Morgan fingerprint density at radius 2 is 1.49 bits per heavy atom. The van der Waals surface area contributed by atoms with Gasteiger partial charge in [-0.2, -0.15) is 0 Å². The lowest BCUT2D eigenvalue weighted by Gasteiger charge is -2.34. The van der Waals surface area contributed by atoms with Crippen molar-refractivity contribution in [1.82, 2.24) is 10.2 Å². The summed E-state index contributed by atoms with van der Waals surface area (Å²) >= 11 is 5.65. The minimum Gasteiger partial charge on any atom is -0.354 e. The fraction of sp³-hybridized carbons (Fsp3) is 0.212. The Morgan fingerprint density at radius 3 is 2.12 bits per heavy atom. The van der Waals surface area contributed by atoms with E-state index in [0.717, 1.165) is 29.9 Å². The molecule has 4 aromatic rings. The molecule has 0 radical (unpaired) electrons. The lowest BCUT2D eigenvalue weighted by atomic mass is 10.0. The smallest absolute Gasteiger partial charge is 0.264 e. The van der Waals surface area contributed by atoms with Crippen LogP contribution in [-0.2, 0) is 32.6 Å². The van der Waals surface area contributed by atoms with Gasteiger partial charge in [0.1, 0.15) is 12.6 Å². The van der Waals surface area contributed by atoms with Crippen molar-refractivity contribution in [2.75, 3.05) is 17.4 Å². The molecule has 4 aromatic carbocycles. The summed E-state index contributed by atoms with van der Waals surface area (Å²) in [4.78, 5) is 29.6. The SMILES string of the molecule is CCCNC(=O)[C@@H](Cc1ccccc1)N(Cc1cccc(Br)c1)C(=O)CN(c1ccc(I)cc1)S(=O)(=O)c1ccccc1. The first-order chi connectivity index (χ1) is 20.7. The molecule has 0 aliphatic carbocycles. The average molecular weight is 775 g/mol. The Hall–Kier alpha value is -3.22. The van der Waals surface area contributed by atoms with Crippen LogP contribution in [0.15, 0.2) is 119 Å². The van der Waals surface area contributed by atoms with Crippen LogP contribution in [0, 0.1) is 3.57 Å². The molecule has 1 atom stereocenters. The van der Waals surface area contributed by atoms with E-state index in [4.69, 9.17) is 0 Å². The normalized spacial score (nSPS) is 11.9. The lowest BCUT2D eigenvalue weighted by Crippen LogP contribution is -2.53. The molecule has 0 aliphatic heterocycles. The number of nitrogens with zero attached hydrogens (tertiary/aromatic N) is 2. The second-order valence-corrected chi connectivity index (χ2v) is 14.0. The topological polar surface area (TPSA) is 86.8 Å². The molecule has 0 spiro atoms. The summed E-state index contributed by atoms with van der Waals surface area (Å²) in [6, 6.07) is 31.2. The third-order valence-corrected chi connectivity index (χ3v) is 9.79. The number of carbonyl (C=O) groups excluding carboxylic acids is 2. The highest BCUT2D eigenvalue weighted by molar-refractivity contribution is 14.1. The second kappa shape index (κ2) is 15.5. The standard InChI is InChI=1S/C33H33BrIN3O4S/c1-2-20-36-33(40)31(22-25-10-5-3-6-11-25)37(23-26-12-9-13-27(34)21-26)32(39)24-38(29-18-16-28(35)17-19-29)43(41,42)30-14-7-4-8-15-30/h3-19,21,31H,2,20,22-24H2,1H3,(H,36,40)/t31-/m1/s1. The third-order valence-electron chi connectivity index (χ3n) is 6.79. The molecule has 0 heterocycles. The predicted octanol–water partition coefficient (Wildman–Crippen LogP) is 6.42. The summed E-state index contributed by atoms with van der Waals surface area (Å²) in [7, 11) is -4.12. The molecule has 0 fully saturated rings. The van der Waals surface area contributed by atoms with Crippen molar-refractivity contribution in [2.24, 2.45) is 0 Å². The number of halogens is 2. The molecular weight excluding hydrogens is 741 g/mol. The van der Waals surface area contributed by atoms with E-state index < -0.39 is 28.5 Å². The van der Waals surface area contributed by atoms with Gasteiger partial charge < -0.3 is 10.2 Å². The highest BCUT2D eigenvalue weighted by atomic mass is 127. The van der Waals surface area contributed by atoms with Gasteiger partial charge >= 0.3 is 0 Å². The zero-order valence-corrected chi connectivity index (χ0v) is 28.3. The highest BCUT2D eigenvalue weighted by Crippen LogP contribution is 2.26. The first-order valence-corrected chi connectivity index (χ1v) is 17.2. The van der Waals surface area contributed by atoms with Crippen LogP contribution in [0.5, 0.6) is 0 Å². The first-order valence-electron chi connectivity index (χ1n) is 13.9. The number of hydrogen-bond donors (Lipinski definition) is 1. The van der Waals surface area contributed by atoms with E-state index in [1.54, 1.807) is 42.5 Å². The molecule has 7 nitrogen and oxygen atoms in total. The molecule has 4 rings (SSSR count). The second-order valence-electron chi connectivity index (χ2n) is 9.95. The zero-order valence-electron chi connectivity index (χ0n) is 23.7. The maximum Gasteiger partial charge on any atom is 0.264 e. The van der Waals surface area contributed by atoms with Crippen molar-refractivity contribution in [3.05, 3.63) is 128 Å². The van der Waals surface area contributed by atoms with Crippen molar-refractivity contribution >= 4 is 66.0 Å². The maximum atomic E-state index is 14.4. The molecule has 0 saturated carbocycles. The van der Waals surface area contributed by atoms with Crippen molar-refractivity contribution in [3.63, 3.8) is 0 Å². The monoisotopic (exact) mass is 773 g/mol. The summed E-state index contributed by atoms with van der Waals surface area (Å²) in [6.07, 6.45) is 1.00. The predicted molar refractivity (Wildman–Crippen MR) is 182 cm³/mol. The molecule has 0 aromatic heterocycles. The summed E-state index contributed by atoms with van der Waals surface area (Å²) in [5.41, 5.74) is 2.04. The van der Waals surface area contributed by atoms with Gasteiger partial charge in [0.15, 0.2) is 0 Å². The van der Waals surface area contributed by atoms with E-state index in [0.29, 0.717) is 12.2 Å². The van der Waals surface area contributed by atoms with E-state index in [-0.39, 0.29) is 23.8 Å². The van der Waals surface area contributed by atoms with Crippen LogP contribution >= 0.6 is 38.5 Å². The van der Waals surface area contributed by atoms with Crippen LogP contribution in [0.25, 0.3) is 0 Å². The van der Waals surface area contributed by atoms with Gasteiger partial charge in [-0.3, -0.25) is 13.9 Å². The number of rotatable bonds is 13. The molecule has 10 heteroatoms. The number of anilines is 1. The molecule has 0 aliphatic rings. The first kappa shape index (κ1) is 32.7. The van der Waals surface area contributed by atoms with E-state index in [1.807, 2.05) is 61.5 Å². The Balaban J connectivity index is 1.78. The van der Waals surface area contributed by atoms with Crippen LogP contribution in [0.1, 0.15) is 24.5 Å². The average Bonchev–Trinajstić information content (AvgIpc) is 3.01. The van der Waals surface area contributed by atoms with Crippen molar-refractivity contribution in [1.29, 1.82) is 0 Å². The summed E-state index contributed by atoms with van der Waals surface area (Å²) in [5.74, 6) is -0.786. The molecule has 0 unspecified atom stereocenters. The van der Waals surface area contributed by atoms with Crippen LogP contribution in [0.2, 0.25) is 0 Å². The van der Waals surface area contributed by atoms with Gasteiger partial charge in [0.05, 0.1) is 10.6 Å². The van der Waals surface area contributed by atoms with E-state index in [9.17, 15) is 18.0 Å². The molecule has 0 saturated heterocycles. The van der Waals surface area contributed by atoms with E-state index >= 15 is 0 Å². The fourth-order valence-corrected chi connectivity index (χ4v) is 6.85. The van der Waals surface area contributed by atoms with Crippen molar-refractivity contribution in [2.45, 2.75) is 37.2 Å².